The minimum atomic E-state index is -1.08. The van der Waals surface area contributed by atoms with Crippen molar-refractivity contribution >= 4 is 38.4 Å². The van der Waals surface area contributed by atoms with E-state index in [-0.39, 0.29) is 78.3 Å². The van der Waals surface area contributed by atoms with Gasteiger partial charge in [-0.1, -0.05) is 206 Å². The van der Waals surface area contributed by atoms with Gasteiger partial charge in [-0.05, 0) is 114 Å². The number of ether oxygens (including phenoxy) is 2. The zero-order valence-electron chi connectivity index (χ0n) is 46.1. The van der Waals surface area contributed by atoms with Crippen LogP contribution in [-0.2, 0) is 59.9 Å². The Labute approximate surface area is 471 Å². The fraction of sp³-hybridized carbons (Fsp3) is 0.651. The van der Waals surface area contributed by atoms with Gasteiger partial charge < -0.3 is 43.1 Å². The zero-order chi connectivity index (χ0) is 51.6. The van der Waals surface area contributed by atoms with Gasteiger partial charge in [-0.2, -0.15) is 0 Å². The predicted molar refractivity (Wildman–Crippen MR) is 289 cm³/mol. The van der Waals surface area contributed by atoms with Crippen molar-refractivity contribution < 1.29 is 70.1 Å². The van der Waals surface area contributed by atoms with Crippen molar-refractivity contribution in [1.29, 1.82) is 0 Å². The monoisotopic (exact) mass is 1210 g/mol. The van der Waals surface area contributed by atoms with Crippen LogP contribution in [0.15, 0.2) is 91.0 Å². The molecule has 8 aliphatic carbocycles. The Balaban J connectivity index is 0.000000164. The molecule has 6 nitrogen and oxygen atoms in total. The molecule has 0 amide bonds. The molecule has 0 N–H and O–H groups in total. The number of carboxylic acids is 2. The summed E-state index contributed by atoms with van der Waals surface area (Å²) in [4.78, 5) is 17.8. The summed E-state index contributed by atoms with van der Waals surface area (Å²) in [7, 11) is -0.445. The van der Waals surface area contributed by atoms with Gasteiger partial charge in [0.05, 0.1) is 24.4 Å². The van der Waals surface area contributed by atoms with Crippen molar-refractivity contribution in [1.82, 2.24) is 0 Å². The summed E-state index contributed by atoms with van der Waals surface area (Å²) in [5, 5.41) is 21.1. The molecule has 2 saturated heterocycles. The first-order valence-corrected chi connectivity index (χ1v) is 30.2. The second-order valence-electron chi connectivity index (χ2n) is 26.6. The number of hydrogen-bond acceptors (Lipinski definition) is 6. The normalized spacial score (nSPS) is 46.0. The summed E-state index contributed by atoms with van der Waals surface area (Å²) < 4.78 is 14.6. The number of hydrogen-bond donors (Lipinski definition) is 0. The molecule has 10 fully saturated rings. The number of carbonyl (C=O) groups excluding carboxylic acids is 2. The second kappa shape index (κ2) is 20.7. The summed E-state index contributed by atoms with van der Waals surface area (Å²) in [6.45, 7) is 39.0. The molecule has 2 aliphatic heterocycles. The smallest absolute Gasteiger partial charge is 0.550 e. The summed E-state index contributed by atoms with van der Waals surface area (Å²) in [5.41, 5.74) is 6.47. The van der Waals surface area contributed by atoms with Gasteiger partial charge in [0.1, 0.15) is 0 Å². The molecule has 0 spiro atoms. The maximum absolute atomic E-state index is 8.89. The van der Waals surface area contributed by atoms with E-state index in [1.807, 2.05) is 18.2 Å². The first kappa shape index (κ1) is 59.4. The van der Waals surface area contributed by atoms with Crippen LogP contribution in [0.1, 0.15) is 140 Å². The van der Waals surface area contributed by atoms with Crippen LogP contribution in [0.3, 0.4) is 0 Å². The number of rotatable bonds is 2. The van der Waals surface area contributed by atoms with Crippen molar-refractivity contribution in [3.8, 4) is 0 Å². The van der Waals surface area contributed by atoms with Gasteiger partial charge in [0.25, 0.3) is 0 Å². The molecule has 0 radical (unpaired) electrons. The van der Waals surface area contributed by atoms with Gasteiger partial charge in [-0.3, -0.25) is 0 Å². The van der Waals surface area contributed by atoms with E-state index in [2.05, 4.69) is 149 Å². The third-order valence-corrected chi connectivity index (χ3v) is 30.1. The average Bonchev–Trinajstić information content (AvgIpc) is 4.04. The number of aryl methyl sites for hydroxylation is 1. The number of carboxylic acid groups (broad SMARTS) is 2. The predicted octanol–water partition coefficient (Wildman–Crippen LogP) is 11.6. The van der Waals surface area contributed by atoms with Gasteiger partial charge in [-0.15, -0.1) is 10.8 Å². The summed E-state index contributed by atoms with van der Waals surface area (Å²) in [5.74, 6) is 0.921. The van der Waals surface area contributed by atoms with E-state index in [0.29, 0.717) is 57.4 Å². The first-order valence-electron chi connectivity index (χ1n) is 27.2. The summed E-state index contributed by atoms with van der Waals surface area (Å²) in [6.07, 6.45) is 12.5. The fourth-order valence-corrected chi connectivity index (χ4v) is 27.6. The van der Waals surface area contributed by atoms with E-state index in [1.54, 1.807) is 10.6 Å². The molecule has 73 heavy (non-hydrogen) atoms. The van der Waals surface area contributed by atoms with Crippen LogP contribution in [0, 0.1) is 87.8 Å². The maximum atomic E-state index is 8.89. The molecular formula is C63H86O6P2Pd2. The Morgan fingerprint density at radius 3 is 1.00 bits per heavy atom. The van der Waals surface area contributed by atoms with E-state index in [1.165, 1.54) is 56.9 Å². The summed E-state index contributed by atoms with van der Waals surface area (Å²) >= 11 is 0. The van der Waals surface area contributed by atoms with Crippen LogP contribution in [0.5, 0.6) is 0 Å². The average molecular weight is 1210 g/mol. The van der Waals surface area contributed by atoms with Crippen molar-refractivity contribution in [2.75, 3.05) is 0 Å². The molecule has 2 heterocycles. The van der Waals surface area contributed by atoms with E-state index >= 15 is 0 Å². The minimum absolute atomic E-state index is 0. The standard InChI is InChI=1S/2C26H36OP.C7H8.2C2H4O2.2Pd/c2*1-23(2)17-12-14-25(23,5)21-19(17)28(16-10-8-7-9-11-16)20-18-13-15-26(6,22(20)27-21)24(18,3)4;1-7-5-3-2-4-6-7;2*1-2(3)4;;/h2*7-11,17-22H,1,12-15H2,2-6H3;2-6H,1H3;2*1H3,(H,3,4);;/q2*-1;;;;2*+2/p-2/t2*17-,18-,19-,20+,21-,22+,23-,25+,26+,28+;;;;;/m11...../s1. The number of carbonyl (C=O) groups is 2. The van der Waals surface area contributed by atoms with Gasteiger partial charge in [0, 0.05) is 34.6 Å². The molecule has 10 heteroatoms. The molecule has 8 saturated carbocycles. The van der Waals surface area contributed by atoms with Crippen LogP contribution < -0.4 is 20.8 Å². The van der Waals surface area contributed by atoms with Crippen LogP contribution in [0.2, 0.25) is 0 Å². The van der Waals surface area contributed by atoms with Crippen LogP contribution in [0.25, 0.3) is 0 Å². The molecule has 0 aromatic heterocycles. The van der Waals surface area contributed by atoms with Crippen molar-refractivity contribution in [3.63, 3.8) is 0 Å². The molecule has 10 aliphatic rings. The molecule has 404 valence electrons. The fourth-order valence-electron chi connectivity index (χ4n) is 18.1. The molecule has 0 unspecified atom stereocenters. The SMILES string of the molecule is CC(=O)[O-].CC(=O)[O-].Cc1ccccc1.[CH2-][C@@]1(C)[C@@H]2CC[C@@]1(C)[C@@H]1O[C@H]3[C@H]([C@H]4CC[C@]3(C)C4(C)C)[P@@](c3ccccc3)[C@@H]12.[CH2-][C@@]1(C)[C@@H]2CC[C@@]1(C)[C@@H]1O[C@H]3[C@H]([C@H]4CC[C@]3(C)C4(C)C)[P@@](c3ccccc3)[C@@H]12.[Pd+2].[Pd+2]. The van der Waals surface area contributed by atoms with Crippen molar-refractivity contribution in [2.45, 2.75) is 188 Å². The van der Waals surface area contributed by atoms with Gasteiger partial charge >= 0.3 is 40.8 Å². The topological polar surface area (TPSA) is 98.7 Å². The Bertz CT molecular complexity index is 2180. The van der Waals surface area contributed by atoms with E-state index in [9.17, 15) is 0 Å². The Hall–Kier alpha value is -1.30. The summed E-state index contributed by atoms with van der Waals surface area (Å²) in [6, 6.07) is 33.5. The number of benzene rings is 3. The maximum Gasteiger partial charge on any atom is 2.00 e. The molecular weight excluding hydrogens is 1130 g/mol. The van der Waals surface area contributed by atoms with Gasteiger partial charge in [0.15, 0.2) is 0 Å². The number of fused-ring (bicyclic) bond motifs is 20. The third kappa shape index (κ3) is 8.80. The molecule has 20 atom stereocenters. The molecule has 8 bridgehead atoms. The Morgan fingerprint density at radius 1 is 0.466 bits per heavy atom. The van der Waals surface area contributed by atoms with Crippen LogP contribution >= 0.6 is 15.8 Å². The first-order chi connectivity index (χ1) is 33.1. The van der Waals surface area contributed by atoms with Crippen molar-refractivity contribution in [3.05, 3.63) is 110 Å². The van der Waals surface area contributed by atoms with E-state index in [0.717, 1.165) is 48.8 Å². The Kier molecular flexibility index (Phi) is 16.9. The van der Waals surface area contributed by atoms with Gasteiger partial charge in [-0.25, -0.2) is 0 Å². The van der Waals surface area contributed by atoms with E-state index < -0.39 is 11.9 Å². The molecule has 3 aromatic rings. The van der Waals surface area contributed by atoms with Gasteiger partial charge in [0.2, 0.25) is 0 Å². The third-order valence-electron chi connectivity index (χ3n) is 23.3. The van der Waals surface area contributed by atoms with Crippen LogP contribution in [-0.4, -0.2) is 59.0 Å². The second-order valence-corrected chi connectivity index (χ2v) is 31.6. The molecule has 13 rings (SSSR count). The minimum Gasteiger partial charge on any atom is -0.550 e. The number of aliphatic carboxylic acids is 2. The largest absolute Gasteiger partial charge is 2.00 e. The Morgan fingerprint density at radius 2 is 0.712 bits per heavy atom. The van der Waals surface area contributed by atoms with Crippen molar-refractivity contribution in [2.24, 2.45) is 67.0 Å². The quantitative estimate of drug-likeness (QED) is 0.144. The van der Waals surface area contributed by atoms with Crippen LogP contribution in [0.4, 0.5) is 0 Å². The molecule has 3 aromatic carbocycles. The zero-order valence-corrected chi connectivity index (χ0v) is 51.0. The van der Waals surface area contributed by atoms with E-state index in [4.69, 9.17) is 43.1 Å².